The van der Waals surface area contributed by atoms with E-state index in [2.05, 4.69) is 20.8 Å². The normalized spacial score (nSPS) is 43.3. The Labute approximate surface area is 205 Å². The van der Waals surface area contributed by atoms with Crippen LogP contribution in [0, 0.1) is 46.3 Å². The molecule has 0 saturated heterocycles. The monoisotopic (exact) mass is 499 g/mol. The molecule has 5 N–H and O–H groups in total. The number of ketones is 1. The van der Waals surface area contributed by atoms with Crippen LogP contribution < -0.4 is 5.73 Å². The summed E-state index contributed by atoms with van der Waals surface area (Å²) >= 11 is 0. The van der Waals surface area contributed by atoms with E-state index in [0.717, 1.165) is 19.3 Å². The standard InChI is InChI=1S/C26H45NO6S/c1-16(4-9-22(28)23(15-27)34(31,32)33)19-7-8-20-18-6-5-17-14-26(29,30)13-12-24(17,2)21(18)10-11-25(19,20)3/h16-21,23,29-30H,4-15,27H2,1-3H3,(H,31,32,33)/t16-,17-,18?,19-,20?,21?,23?,24+,25-/m1/s1. The lowest BCUT2D eigenvalue weighted by molar-refractivity contribution is -0.233. The predicted molar refractivity (Wildman–Crippen MR) is 130 cm³/mol. The van der Waals surface area contributed by atoms with Crippen LogP contribution in [-0.2, 0) is 14.9 Å². The highest BCUT2D eigenvalue weighted by atomic mass is 32.2. The summed E-state index contributed by atoms with van der Waals surface area (Å²) in [5, 5.41) is 19.0. The van der Waals surface area contributed by atoms with Crippen LogP contribution in [0.5, 0.6) is 0 Å². The summed E-state index contributed by atoms with van der Waals surface area (Å²) in [6.07, 6.45) is 9.62. The van der Waals surface area contributed by atoms with Gasteiger partial charge in [0.25, 0.3) is 10.1 Å². The number of aliphatic hydroxyl groups is 2. The first kappa shape index (κ1) is 26.5. The van der Waals surface area contributed by atoms with E-state index >= 15 is 0 Å². The molecule has 34 heavy (non-hydrogen) atoms. The molecule has 196 valence electrons. The van der Waals surface area contributed by atoms with Crippen molar-refractivity contribution in [2.45, 2.75) is 102 Å². The summed E-state index contributed by atoms with van der Waals surface area (Å²) in [5.41, 5.74) is 5.87. The SMILES string of the molecule is C[C@H](CCC(=O)C(CN)S(=O)(=O)O)[C@H]1CCC2C3CC[C@@H]4CC(O)(O)CC[C@]4(C)C3CC[C@@]21C. The van der Waals surface area contributed by atoms with Crippen LogP contribution in [0.15, 0.2) is 0 Å². The fourth-order valence-electron chi connectivity index (χ4n) is 9.35. The number of rotatable bonds is 7. The Hall–Kier alpha value is -0.540. The van der Waals surface area contributed by atoms with Gasteiger partial charge in [0, 0.05) is 25.8 Å². The molecule has 9 atom stereocenters. The lowest BCUT2D eigenvalue weighted by Gasteiger charge is -2.61. The Kier molecular flexibility index (Phi) is 7.09. The van der Waals surface area contributed by atoms with E-state index in [0.29, 0.717) is 54.8 Å². The lowest BCUT2D eigenvalue weighted by atomic mass is 9.44. The van der Waals surface area contributed by atoms with Crippen molar-refractivity contribution in [3.05, 3.63) is 0 Å². The third-order valence-electron chi connectivity index (χ3n) is 11.2. The third kappa shape index (κ3) is 4.51. The van der Waals surface area contributed by atoms with Crippen LogP contribution >= 0.6 is 0 Å². The Morgan fingerprint density at radius 1 is 1.00 bits per heavy atom. The zero-order chi connectivity index (χ0) is 25.1. The van der Waals surface area contributed by atoms with Gasteiger partial charge < -0.3 is 15.9 Å². The van der Waals surface area contributed by atoms with Gasteiger partial charge in [0.2, 0.25) is 0 Å². The van der Waals surface area contributed by atoms with E-state index in [4.69, 9.17) is 5.73 Å². The molecule has 0 aromatic heterocycles. The van der Waals surface area contributed by atoms with Crippen molar-refractivity contribution in [1.29, 1.82) is 0 Å². The van der Waals surface area contributed by atoms with Gasteiger partial charge in [-0.05, 0) is 97.7 Å². The highest BCUT2D eigenvalue weighted by molar-refractivity contribution is 7.87. The fourth-order valence-corrected chi connectivity index (χ4v) is 10.0. The molecule has 4 saturated carbocycles. The number of carbonyl (C=O) groups excluding carboxylic acids is 1. The molecule has 4 aliphatic rings. The van der Waals surface area contributed by atoms with Crippen molar-refractivity contribution >= 4 is 15.9 Å². The van der Waals surface area contributed by atoms with Crippen LogP contribution in [0.4, 0.5) is 0 Å². The van der Waals surface area contributed by atoms with Crippen LogP contribution in [0.25, 0.3) is 0 Å². The van der Waals surface area contributed by atoms with Crippen LogP contribution in [-0.4, -0.2) is 46.5 Å². The molecule has 0 aromatic rings. The third-order valence-corrected chi connectivity index (χ3v) is 12.4. The van der Waals surface area contributed by atoms with Gasteiger partial charge in [-0.15, -0.1) is 0 Å². The zero-order valence-electron chi connectivity index (χ0n) is 21.1. The van der Waals surface area contributed by atoms with Gasteiger partial charge in [-0.1, -0.05) is 20.8 Å². The average Bonchev–Trinajstić information content (AvgIpc) is 3.09. The number of fused-ring (bicyclic) bond motifs is 5. The largest absolute Gasteiger partial charge is 0.366 e. The lowest BCUT2D eigenvalue weighted by Crippen LogP contribution is -2.56. The summed E-state index contributed by atoms with van der Waals surface area (Å²) in [5.74, 6) is 1.23. The smallest absolute Gasteiger partial charge is 0.276 e. The van der Waals surface area contributed by atoms with Crippen molar-refractivity contribution in [2.24, 2.45) is 52.1 Å². The predicted octanol–water partition coefficient (Wildman–Crippen LogP) is 3.53. The molecule has 0 aromatic carbocycles. The number of nitrogens with two attached hydrogens (primary N) is 1. The minimum atomic E-state index is -4.45. The highest BCUT2D eigenvalue weighted by Gasteiger charge is 2.61. The number of carbonyl (C=O) groups is 1. The van der Waals surface area contributed by atoms with E-state index in [1.165, 1.54) is 25.7 Å². The molecule has 4 rings (SSSR count). The van der Waals surface area contributed by atoms with Gasteiger partial charge in [-0.3, -0.25) is 9.35 Å². The first-order valence-electron chi connectivity index (χ1n) is 13.4. The van der Waals surface area contributed by atoms with E-state index in [-0.39, 0.29) is 23.8 Å². The van der Waals surface area contributed by atoms with Gasteiger partial charge in [-0.25, -0.2) is 0 Å². The Bertz CT molecular complexity index is 890. The number of hydrogen-bond donors (Lipinski definition) is 4. The Morgan fingerprint density at radius 2 is 1.68 bits per heavy atom. The molecule has 0 radical (unpaired) electrons. The van der Waals surface area contributed by atoms with Crippen molar-refractivity contribution in [3.8, 4) is 0 Å². The zero-order valence-corrected chi connectivity index (χ0v) is 21.9. The maximum absolute atomic E-state index is 12.5. The van der Waals surface area contributed by atoms with Gasteiger partial charge in [0.1, 0.15) is 0 Å². The number of hydrogen-bond acceptors (Lipinski definition) is 6. The molecular weight excluding hydrogens is 454 g/mol. The first-order chi connectivity index (χ1) is 15.7. The maximum Gasteiger partial charge on any atom is 0.276 e. The summed E-state index contributed by atoms with van der Waals surface area (Å²) in [4.78, 5) is 12.5. The minimum absolute atomic E-state index is 0.135. The molecule has 4 unspecified atom stereocenters. The summed E-state index contributed by atoms with van der Waals surface area (Å²) in [7, 11) is -4.45. The van der Waals surface area contributed by atoms with Gasteiger partial charge in [-0.2, -0.15) is 8.42 Å². The second kappa shape index (κ2) is 9.09. The highest BCUT2D eigenvalue weighted by Crippen LogP contribution is 2.68. The van der Waals surface area contributed by atoms with Crippen LogP contribution in [0.3, 0.4) is 0 Å². The Balaban J connectivity index is 1.43. The van der Waals surface area contributed by atoms with E-state index < -0.39 is 26.9 Å². The van der Waals surface area contributed by atoms with Crippen molar-refractivity contribution in [3.63, 3.8) is 0 Å². The Morgan fingerprint density at radius 3 is 2.32 bits per heavy atom. The quantitative estimate of drug-likeness (QED) is 0.310. The first-order valence-corrected chi connectivity index (χ1v) is 14.9. The summed E-state index contributed by atoms with van der Waals surface area (Å²) < 4.78 is 32.2. The van der Waals surface area contributed by atoms with Gasteiger partial charge >= 0.3 is 0 Å². The van der Waals surface area contributed by atoms with Crippen molar-refractivity contribution in [1.82, 2.24) is 0 Å². The maximum atomic E-state index is 12.5. The summed E-state index contributed by atoms with van der Waals surface area (Å²) in [6, 6.07) is 0. The van der Waals surface area contributed by atoms with E-state index in [9.17, 15) is 28.0 Å². The molecule has 0 spiro atoms. The molecule has 8 heteroatoms. The van der Waals surface area contributed by atoms with Gasteiger partial charge in [0.05, 0.1) is 0 Å². The second-order valence-corrected chi connectivity index (χ2v) is 14.4. The topological polar surface area (TPSA) is 138 Å². The van der Waals surface area contributed by atoms with Gasteiger partial charge in [0.15, 0.2) is 16.8 Å². The molecule has 4 aliphatic carbocycles. The molecule has 0 heterocycles. The molecule has 4 fully saturated rings. The van der Waals surface area contributed by atoms with Crippen LogP contribution in [0.2, 0.25) is 0 Å². The molecule has 7 nitrogen and oxygen atoms in total. The molecule has 0 amide bonds. The van der Waals surface area contributed by atoms with E-state index in [1.807, 2.05) is 0 Å². The fraction of sp³-hybridized carbons (Fsp3) is 0.962. The van der Waals surface area contributed by atoms with E-state index in [1.54, 1.807) is 0 Å². The van der Waals surface area contributed by atoms with Crippen molar-refractivity contribution < 1.29 is 28.0 Å². The summed E-state index contributed by atoms with van der Waals surface area (Å²) in [6.45, 7) is 6.68. The molecule has 0 bridgehead atoms. The van der Waals surface area contributed by atoms with Crippen molar-refractivity contribution in [2.75, 3.05) is 6.54 Å². The number of Topliss-reactive ketones (excluding diaryl/α,β-unsaturated/α-hetero) is 1. The average molecular weight is 500 g/mol. The minimum Gasteiger partial charge on any atom is -0.366 e. The second-order valence-electron chi connectivity index (χ2n) is 12.8. The molecule has 0 aliphatic heterocycles. The van der Waals surface area contributed by atoms with Crippen LogP contribution in [0.1, 0.15) is 91.4 Å². The molecular formula is C26H45NO6S.